The topological polar surface area (TPSA) is 85.3 Å². The largest absolute Gasteiger partial charge is 0.493 e. The molecule has 5 rings (SSSR count). The molecule has 0 spiro atoms. The molecular formula is C22H27N5O3. The van der Waals surface area contributed by atoms with Crippen molar-refractivity contribution in [2.75, 3.05) is 25.7 Å². The molecule has 1 fully saturated rings. The third kappa shape index (κ3) is 3.20. The second-order valence-electron chi connectivity index (χ2n) is 8.13. The van der Waals surface area contributed by atoms with E-state index in [1.54, 1.807) is 26.4 Å². The molecule has 3 aromatic rings. The van der Waals surface area contributed by atoms with Gasteiger partial charge in [-0.1, -0.05) is 19.3 Å². The fraction of sp³-hybridized carbons (Fsp3) is 0.500. The lowest BCUT2D eigenvalue weighted by atomic mass is 9.88. The number of imidazole rings is 1. The number of aromatic nitrogens is 4. The number of methoxy groups -OCH3 is 2. The van der Waals surface area contributed by atoms with Crippen molar-refractivity contribution in [3.05, 3.63) is 40.2 Å². The molecular weight excluding hydrogens is 382 g/mol. The molecule has 1 aromatic carbocycles. The molecule has 1 aliphatic carbocycles. The van der Waals surface area contributed by atoms with Gasteiger partial charge in [0.15, 0.2) is 11.5 Å². The molecule has 0 atom stereocenters. The zero-order chi connectivity index (χ0) is 20.7. The van der Waals surface area contributed by atoms with E-state index in [4.69, 9.17) is 19.4 Å². The minimum absolute atomic E-state index is 0.182. The van der Waals surface area contributed by atoms with E-state index in [-0.39, 0.29) is 5.56 Å². The maximum Gasteiger partial charge on any atom is 0.260 e. The number of benzene rings is 1. The van der Waals surface area contributed by atoms with Gasteiger partial charge in [0.25, 0.3) is 5.56 Å². The Morgan fingerprint density at radius 2 is 1.83 bits per heavy atom. The van der Waals surface area contributed by atoms with E-state index >= 15 is 0 Å². The summed E-state index contributed by atoms with van der Waals surface area (Å²) in [6.07, 6.45) is 8.42. The van der Waals surface area contributed by atoms with Crippen molar-refractivity contribution in [1.82, 2.24) is 19.5 Å². The smallest absolute Gasteiger partial charge is 0.260 e. The molecule has 0 amide bonds. The number of fused-ring (bicyclic) bond motifs is 2. The van der Waals surface area contributed by atoms with Gasteiger partial charge in [-0.2, -0.15) is 0 Å². The normalized spacial score (nSPS) is 17.2. The van der Waals surface area contributed by atoms with E-state index in [1.165, 1.54) is 43.6 Å². The Hall–Kier alpha value is -3.03. The average Bonchev–Trinajstić information content (AvgIpc) is 3.22. The van der Waals surface area contributed by atoms with Crippen LogP contribution in [0.25, 0.3) is 10.9 Å². The molecule has 1 N–H and O–H groups in total. The van der Waals surface area contributed by atoms with Crippen LogP contribution in [0.1, 0.15) is 49.5 Å². The Kier molecular flexibility index (Phi) is 4.84. The van der Waals surface area contributed by atoms with Gasteiger partial charge < -0.3 is 18.9 Å². The van der Waals surface area contributed by atoms with Crippen molar-refractivity contribution < 1.29 is 9.47 Å². The molecule has 0 bridgehead atoms. The highest BCUT2D eigenvalue weighted by Crippen LogP contribution is 2.34. The van der Waals surface area contributed by atoms with Gasteiger partial charge in [-0.3, -0.25) is 9.78 Å². The highest BCUT2D eigenvalue weighted by molar-refractivity contribution is 5.82. The molecule has 0 saturated heterocycles. The number of ether oxygens (including phenoxy) is 2. The van der Waals surface area contributed by atoms with Crippen LogP contribution in [-0.4, -0.2) is 40.3 Å². The summed E-state index contributed by atoms with van der Waals surface area (Å²) in [6, 6.07) is 3.42. The second kappa shape index (κ2) is 7.66. The Labute approximate surface area is 174 Å². The SMILES string of the molecule is COc1cc2nc(N3CCn4c(cnc4C4CCCCC4)C3)[nH]c(=O)c2cc1OC. The number of anilines is 1. The van der Waals surface area contributed by atoms with Crippen molar-refractivity contribution >= 4 is 16.9 Å². The van der Waals surface area contributed by atoms with Gasteiger partial charge in [-0.05, 0) is 18.9 Å². The van der Waals surface area contributed by atoms with Gasteiger partial charge in [-0.15, -0.1) is 0 Å². The van der Waals surface area contributed by atoms with Gasteiger partial charge >= 0.3 is 0 Å². The molecule has 0 radical (unpaired) electrons. The highest BCUT2D eigenvalue weighted by Gasteiger charge is 2.26. The van der Waals surface area contributed by atoms with Crippen LogP contribution < -0.4 is 19.9 Å². The molecule has 8 heteroatoms. The molecule has 30 heavy (non-hydrogen) atoms. The Bertz CT molecular complexity index is 1130. The van der Waals surface area contributed by atoms with Gasteiger partial charge in [0, 0.05) is 25.1 Å². The standard InChI is InChI=1S/C22H27N5O3/c1-29-18-10-16-17(11-19(18)30-2)24-22(25-21(16)28)26-8-9-27-15(13-26)12-23-20(27)14-6-4-3-5-7-14/h10-12,14H,3-9,13H2,1-2H3,(H,24,25,28). The fourth-order valence-electron chi connectivity index (χ4n) is 4.78. The summed E-state index contributed by atoms with van der Waals surface area (Å²) in [4.78, 5) is 27.3. The average molecular weight is 409 g/mol. The highest BCUT2D eigenvalue weighted by atomic mass is 16.5. The number of aromatic amines is 1. The lowest BCUT2D eigenvalue weighted by Gasteiger charge is -2.31. The van der Waals surface area contributed by atoms with Crippen LogP contribution in [0.2, 0.25) is 0 Å². The van der Waals surface area contributed by atoms with E-state index < -0.39 is 0 Å². The maximum atomic E-state index is 12.7. The van der Waals surface area contributed by atoms with Crippen LogP contribution in [0, 0.1) is 0 Å². The minimum Gasteiger partial charge on any atom is -0.493 e. The summed E-state index contributed by atoms with van der Waals surface area (Å²) in [6.45, 7) is 2.32. The number of H-pyrrole nitrogens is 1. The van der Waals surface area contributed by atoms with Crippen molar-refractivity contribution in [3.63, 3.8) is 0 Å². The van der Waals surface area contributed by atoms with E-state index in [0.29, 0.717) is 40.8 Å². The van der Waals surface area contributed by atoms with Crippen LogP contribution in [0.3, 0.4) is 0 Å². The van der Waals surface area contributed by atoms with E-state index in [0.717, 1.165) is 13.1 Å². The molecule has 2 aromatic heterocycles. The summed E-state index contributed by atoms with van der Waals surface area (Å²) >= 11 is 0. The van der Waals surface area contributed by atoms with E-state index in [1.807, 2.05) is 6.20 Å². The predicted molar refractivity (Wildman–Crippen MR) is 115 cm³/mol. The van der Waals surface area contributed by atoms with Crippen LogP contribution in [0.5, 0.6) is 11.5 Å². The first kappa shape index (κ1) is 19.0. The van der Waals surface area contributed by atoms with Crippen molar-refractivity contribution in [2.45, 2.75) is 51.1 Å². The number of hydrogen-bond donors (Lipinski definition) is 1. The summed E-state index contributed by atoms with van der Waals surface area (Å²) in [5, 5.41) is 0.484. The quantitative estimate of drug-likeness (QED) is 0.712. The van der Waals surface area contributed by atoms with Gasteiger partial charge in [0.2, 0.25) is 5.95 Å². The Morgan fingerprint density at radius 3 is 2.60 bits per heavy atom. The van der Waals surface area contributed by atoms with Crippen LogP contribution in [0.4, 0.5) is 5.95 Å². The Morgan fingerprint density at radius 1 is 1.07 bits per heavy atom. The lowest BCUT2D eigenvalue weighted by molar-refractivity contribution is 0.355. The molecule has 1 saturated carbocycles. The Balaban J connectivity index is 1.45. The summed E-state index contributed by atoms with van der Waals surface area (Å²) in [7, 11) is 3.13. The summed E-state index contributed by atoms with van der Waals surface area (Å²) < 4.78 is 13.1. The monoisotopic (exact) mass is 409 g/mol. The van der Waals surface area contributed by atoms with E-state index in [9.17, 15) is 4.79 Å². The van der Waals surface area contributed by atoms with Gasteiger partial charge in [-0.25, -0.2) is 9.97 Å². The molecule has 3 heterocycles. The van der Waals surface area contributed by atoms with Crippen LogP contribution >= 0.6 is 0 Å². The first-order chi connectivity index (χ1) is 14.7. The fourth-order valence-corrected chi connectivity index (χ4v) is 4.78. The first-order valence-electron chi connectivity index (χ1n) is 10.6. The zero-order valence-corrected chi connectivity index (χ0v) is 17.5. The van der Waals surface area contributed by atoms with Crippen LogP contribution in [-0.2, 0) is 13.1 Å². The predicted octanol–water partition coefficient (Wildman–Crippen LogP) is 3.20. The minimum atomic E-state index is -0.182. The van der Waals surface area contributed by atoms with Crippen molar-refractivity contribution in [1.29, 1.82) is 0 Å². The van der Waals surface area contributed by atoms with Crippen molar-refractivity contribution in [2.24, 2.45) is 0 Å². The third-order valence-electron chi connectivity index (χ3n) is 6.38. The number of nitrogens with zero attached hydrogens (tertiary/aromatic N) is 4. The number of hydrogen-bond acceptors (Lipinski definition) is 6. The third-order valence-corrected chi connectivity index (χ3v) is 6.38. The summed E-state index contributed by atoms with van der Waals surface area (Å²) in [5.41, 5.74) is 1.59. The first-order valence-corrected chi connectivity index (χ1v) is 10.6. The van der Waals surface area contributed by atoms with Crippen LogP contribution in [0.15, 0.2) is 23.1 Å². The van der Waals surface area contributed by atoms with Gasteiger partial charge in [0.1, 0.15) is 5.82 Å². The molecule has 0 unspecified atom stereocenters. The number of nitrogens with one attached hydrogen (secondary N) is 1. The van der Waals surface area contributed by atoms with Gasteiger partial charge in [0.05, 0.1) is 43.6 Å². The summed E-state index contributed by atoms with van der Waals surface area (Å²) in [5.74, 6) is 3.47. The lowest BCUT2D eigenvalue weighted by Crippen LogP contribution is -2.36. The van der Waals surface area contributed by atoms with Crippen molar-refractivity contribution in [3.8, 4) is 11.5 Å². The zero-order valence-electron chi connectivity index (χ0n) is 17.5. The molecule has 2 aliphatic rings. The maximum absolute atomic E-state index is 12.7. The molecule has 8 nitrogen and oxygen atoms in total. The second-order valence-corrected chi connectivity index (χ2v) is 8.13. The van der Waals surface area contributed by atoms with E-state index in [2.05, 4.69) is 14.5 Å². The molecule has 1 aliphatic heterocycles. The molecule has 158 valence electrons. The number of rotatable bonds is 4.